The predicted molar refractivity (Wildman–Crippen MR) is 52.8 cm³/mol. The van der Waals surface area contributed by atoms with Gasteiger partial charge < -0.3 is 10.1 Å². The molecule has 1 unspecified atom stereocenters. The molecule has 1 aromatic rings. The minimum atomic E-state index is -0.602. The molecule has 1 heterocycles. The zero-order valence-corrected chi connectivity index (χ0v) is 8.58. The number of benzene rings is 1. The zero-order chi connectivity index (χ0) is 11.1. The molecule has 2 rings (SSSR count). The minimum Gasteiger partial charge on any atom is -0.441 e. The summed E-state index contributed by atoms with van der Waals surface area (Å²) in [5, 5.41) is 2.70. The number of hydrogen-bond acceptors (Lipinski definition) is 2. The molecule has 1 aliphatic rings. The van der Waals surface area contributed by atoms with Gasteiger partial charge in [0.1, 0.15) is 11.4 Å². The number of hydrogen-bond donors (Lipinski definition) is 1. The SMILES string of the molecule is CC1(C)OC(=O)NC1c1ccc(F)cc1. The predicted octanol–water partition coefficient (Wildman–Crippen LogP) is 2.39. The maximum atomic E-state index is 12.7. The Kier molecular flexibility index (Phi) is 2.14. The van der Waals surface area contributed by atoms with Crippen molar-refractivity contribution >= 4 is 6.09 Å². The maximum Gasteiger partial charge on any atom is 0.408 e. The largest absolute Gasteiger partial charge is 0.441 e. The lowest BCUT2D eigenvalue weighted by Crippen LogP contribution is -2.30. The van der Waals surface area contributed by atoms with Crippen LogP contribution in [0.4, 0.5) is 9.18 Å². The first kappa shape index (κ1) is 9.96. The van der Waals surface area contributed by atoms with Crippen molar-refractivity contribution in [1.82, 2.24) is 5.32 Å². The van der Waals surface area contributed by atoms with Gasteiger partial charge in [-0.3, -0.25) is 0 Å². The van der Waals surface area contributed by atoms with Gasteiger partial charge >= 0.3 is 6.09 Å². The highest BCUT2D eigenvalue weighted by Crippen LogP contribution is 2.33. The van der Waals surface area contributed by atoms with Crippen molar-refractivity contribution in [2.24, 2.45) is 0 Å². The molecule has 1 aromatic carbocycles. The second-order valence-electron chi connectivity index (χ2n) is 4.12. The van der Waals surface area contributed by atoms with Crippen molar-refractivity contribution in [1.29, 1.82) is 0 Å². The normalized spacial score (nSPS) is 23.4. The molecule has 1 saturated heterocycles. The summed E-state index contributed by atoms with van der Waals surface area (Å²) in [5.41, 5.74) is 0.238. The number of rotatable bonds is 1. The Morgan fingerprint density at radius 1 is 1.33 bits per heavy atom. The number of nitrogens with one attached hydrogen (secondary N) is 1. The molecule has 0 bridgehead atoms. The molecule has 1 aliphatic heterocycles. The number of cyclic esters (lactones) is 1. The highest BCUT2D eigenvalue weighted by Gasteiger charge is 2.42. The lowest BCUT2D eigenvalue weighted by molar-refractivity contribution is 0.0684. The van der Waals surface area contributed by atoms with E-state index < -0.39 is 11.7 Å². The van der Waals surface area contributed by atoms with Gasteiger partial charge in [-0.2, -0.15) is 0 Å². The van der Waals surface area contributed by atoms with E-state index in [1.54, 1.807) is 12.1 Å². The summed E-state index contributed by atoms with van der Waals surface area (Å²) in [6, 6.07) is 5.81. The third-order valence-electron chi connectivity index (χ3n) is 2.52. The summed E-state index contributed by atoms with van der Waals surface area (Å²) >= 11 is 0. The summed E-state index contributed by atoms with van der Waals surface area (Å²) in [5.74, 6) is -0.290. The average Bonchev–Trinajstić information content (AvgIpc) is 2.41. The summed E-state index contributed by atoms with van der Waals surface area (Å²) in [4.78, 5) is 11.1. The van der Waals surface area contributed by atoms with Gasteiger partial charge in [0, 0.05) is 0 Å². The average molecular weight is 209 g/mol. The van der Waals surface area contributed by atoms with E-state index in [1.165, 1.54) is 12.1 Å². The molecule has 0 saturated carbocycles. The van der Waals surface area contributed by atoms with Crippen molar-refractivity contribution in [2.45, 2.75) is 25.5 Å². The lowest BCUT2D eigenvalue weighted by Gasteiger charge is -2.23. The van der Waals surface area contributed by atoms with Crippen LogP contribution in [0.25, 0.3) is 0 Å². The molecule has 4 heteroatoms. The number of carbonyl (C=O) groups is 1. The van der Waals surface area contributed by atoms with Gasteiger partial charge in [0.2, 0.25) is 0 Å². The van der Waals surface area contributed by atoms with Crippen LogP contribution in [0.3, 0.4) is 0 Å². The fourth-order valence-electron chi connectivity index (χ4n) is 1.76. The molecule has 0 radical (unpaired) electrons. The number of alkyl carbamates (subject to hydrolysis) is 1. The Hall–Kier alpha value is -1.58. The summed E-state index contributed by atoms with van der Waals surface area (Å²) < 4.78 is 17.8. The Bertz CT molecular complexity index is 386. The quantitative estimate of drug-likeness (QED) is 0.771. The van der Waals surface area contributed by atoms with Crippen LogP contribution in [0.15, 0.2) is 24.3 Å². The van der Waals surface area contributed by atoms with Crippen LogP contribution >= 0.6 is 0 Å². The van der Waals surface area contributed by atoms with Gasteiger partial charge in [-0.05, 0) is 31.5 Å². The van der Waals surface area contributed by atoms with E-state index in [4.69, 9.17) is 4.74 Å². The number of ether oxygens (including phenoxy) is 1. The lowest BCUT2D eigenvalue weighted by atomic mass is 9.93. The van der Waals surface area contributed by atoms with Crippen molar-refractivity contribution < 1.29 is 13.9 Å². The summed E-state index contributed by atoms with van der Waals surface area (Å²) in [6.45, 7) is 3.64. The van der Waals surface area contributed by atoms with E-state index in [-0.39, 0.29) is 11.9 Å². The first-order valence-electron chi connectivity index (χ1n) is 4.74. The number of amides is 1. The van der Waals surface area contributed by atoms with Crippen molar-refractivity contribution in [2.75, 3.05) is 0 Å². The highest BCUT2D eigenvalue weighted by atomic mass is 19.1. The Labute approximate surface area is 87.2 Å². The fourth-order valence-corrected chi connectivity index (χ4v) is 1.76. The fraction of sp³-hybridized carbons (Fsp3) is 0.364. The molecule has 3 nitrogen and oxygen atoms in total. The van der Waals surface area contributed by atoms with Crippen LogP contribution in [-0.2, 0) is 4.74 Å². The van der Waals surface area contributed by atoms with Gasteiger partial charge in [0.25, 0.3) is 0 Å². The first-order chi connectivity index (χ1) is 6.99. The van der Waals surface area contributed by atoms with E-state index >= 15 is 0 Å². The Balaban J connectivity index is 2.31. The van der Waals surface area contributed by atoms with Gasteiger partial charge in [0.15, 0.2) is 0 Å². The van der Waals surface area contributed by atoms with Crippen LogP contribution in [0.1, 0.15) is 25.5 Å². The van der Waals surface area contributed by atoms with Crippen LogP contribution < -0.4 is 5.32 Å². The van der Waals surface area contributed by atoms with Crippen molar-refractivity contribution in [3.05, 3.63) is 35.6 Å². The van der Waals surface area contributed by atoms with Crippen LogP contribution in [0, 0.1) is 5.82 Å². The molecule has 1 atom stereocenters. The molecular formula is C11H12FNO2. The van der Waals surface area contributed by atoms with Crippen molar-refractivity contribution in [3.8, 4) is 0 Å². The van der Waals surface area contributed by atoms with Crippen LogP contribution in [0.2, 0.25) is 0 Å². The van der Waals surface area contributed by atoms with E-state index in [9.17, 15) is 9.18 Å². The molecular weight excluding hydrogens is 197 g/mol. The minimum absolute atomic E-state index is 0.231. The van der Waals surface area contributed by atoms with E-state index in [2.05, 4.69) is 5.32 Å². The van der Waals surface area contributed by atoms with E-state index in [1.807, 2.05) is 13.8 Å². The standard InChI is InChI=1S/C11H12FNO2/c1-11(2)9(13-10(14)15-11)7-3-5-8(12)6-4-7/h3-6,9H,1-2H3,(H,13,14). The van der Waals surface area contributed by atoms with Gasteiger partial charge in [0.05, 0.1) is 6.04 Å². The summed E-state index contributed by atoms with van der Waals surface area (Å²) in [7, 11) is 0. The second kappa shape index (κ2) is 3.22. The third kappa shape index (κ3) is 1.79. The maximum absolute atomic E-state index is 12.7. The molecule has 1 fully saturated rings. The van der Waals surface area contributed by atoms with Gasteiger partial charge in [-0.15, -0.1) is 0 Å². The number of carbonyl (C=O) groups excluding carboxylic acids is 1. The Morgan fingerprint density at radius 3 is 2.40 bits per heavy atom. The molecule has 0 aliphatic carbocycles. The monoisotopic (exact) mass is 209 g/mol. The molecule has 15 heavy (non-hydrogen) atoms. The van der Waals surface area contributed by atoms with Crippen molar-refractivity contribution in [3.63, 3.8) is 0 Å². The molecule has 80 valence electrons. The summed E-state index contributed by atoms with van der Waals surface area (Å²) in [6.07, 6.45) is -0.436. The topological polar surface area (TPSA) is 38.3 Å². The molecule has 0 spiro atoms. The third-order valence-corrected chi connectivity index (χ3v) is 2.52. The Morgan fingerprint density at radius 2 is 1.93 bits per heavy atom. The van der Waals surface area contributed by atoms with E-state index in [0.717, 1.165) is 5.56 Å². The van der Waals surface area contributed by atoms with Gasteiger partial charge in [-0.25, -0.2) is 9.18 Å². The molecule has 1 amide bonds. The highest BCUT2D eigenvalue weighted by molar-refractivity contribution is 5.71. The van der Waals surface area contributed by atoms with Crippen LogP contribution in [-0.4, -0.2) is 11.7 Å². The zero-order valence-electron chi connectivity index (χ0n) is 8.58. The van der Waals surface area contributed by atoms with Crippen LogP contribution in [0.5, 0.6) is 0 Å². The van der Waals surface area contributed by atoms with Gasteiger partial charge in [-0.1, -0.05) is 12.1 Å². The first-order valence-corrected chi connectivity index (χ1v) is 4.74. The molecule has 0 aromatic heterocycles. The second-order valence-corrected chi connectivity index (χ2v) is 4.12. The smallest absolute Gasteiger partial charge is 0.408 e. The molecule has 1 N–H and O–H groups in total. The van der Waals surface area contributed by atoms with E-state index in [0.29, 0.717) is 0 Å². The number of halogens is 1.